The molecule has 0 spiro atoms. The van der Waals surface area contributed by atoms with Gasteiger partial charge in [-0.1, -0.05) is 17.4 Å². The van der Waals surface area contributed by atoms with Crippen molar-refractivity contribution >= 4 is 27.5 Å². The summed E-state index contributed by atoms with van der Waals surface area (Å²) < 4.78 is 19.0. The normalized spacial score (nSPS) is 11.8. The van der Waals surface area contributed by atoms with E-state index in [1.807, 2.05) is 4.57 Å². The van der Waals surface area contributed by atoms with Gasteiger partial charge in [0.1, 0.15) is 0 Å². The molecule has 0 unspecified atom stereocenters. The maximum Gasteiger partial charge on any atom is 0.283 e. The highest BCUT2D eigenvalue weighted by molar-refractivity contribution is 7.16. The number of thiazole rings is 1. The van der Waals surface area contributed by atoms with E-state index in [-0.39, 0.29) is 5.91 Å². The Labute approximate surface area is 168 Å². The van der Waals surface area contributed by atoms with Gasteiger partial charge in [-0.3, -0.25) is 4.79 Å². The van der Waals surface area contributed by atoms with Crippen molar-refractivity contribution in [2.75, 3.05) is 27.9 Å². The number of fused-ring (bicyclic) bond motifs is 1. The molecule has 3 aromatic rings. The maximum absolute atomic E-state index is 13.0. The van der Waals surface area contributed by atoms with Crippen molar-refractivity contribution in [1.29, 1.82) is 0 Å². The van der Waals surface area contributed by atoms with E-state index >= 15 is 0 Å². The molecule has 0 radical (unpaired) electrons. The minimum absolute atomic E-state index is 0.366. The average molecular weight is 401 g/mol. The number of ether oxygens (including phenoxy) is 3. The molecule has 7 heteroatoms. The molecule has 148 valence electrons. The molecular weight excluding hydrogens is 376 g/mol. The highest BCUT2D eigenvalue weighted by Gasteiger charge is 2.17. The van der Waals surface area contributed by atoms with Crippen LogP contribution in [0.25, 0.3) is 10.2 Å². The third-order valence-corrected chi connectivity index (χ3v) is 5.69. The lowest BCUT2D eigenvalue weighted by atomic mass is 10.1. The van der Waals surface area contributed by atoms with E-state index in [1.54, 1.807) is 32.4 Å². The first-order valence-corrected chi connectivity index (χ1v) is 9.71. The van der Waals surface area contributed by atoms with Gasteiger partial charge in [-0.25, -0.2) is 0 Å². The van der Waals surface area contributed by atoms with Gasteiger partial charge in [-0.15, -0.1) is 0 Å². The lowest BCUT2D eigenvalue weighted by molar-refractivity contribution is 0.0993. The molecule has 0 aliphatic heterocycles. The van der Waals surface area contributed by atoms with Crippen molar-refractivity contribution in [3.05, 3.63) is 51.8 Å². The molecule has 0 N–H and O–H groups in total. The number of amides is 1. The Kier molecular flexibility index (Phi) is 6.16. The van der Waals surface area contributed by atoms with Gasteiger partial charge in [0.05, 0.1) is 36.6 Å². The number of benzene rings is 2. The molecule has 0 saturated carbocycles. The lowest BCUT2D eigenvalue weighted by Gasteiger charge is -2.10. The van der Waals surface area contributed by atoms with Crippen LogP contribution in [0.1, 0.15) is 21.5 Å². The van der Waals surface area contributed by atoms with Gasteiger partial charge < -0.3 is 18.8 Å². The summed E-state index contributed by atoms with van der Waals surface area (Å²) in [4.78, 5) is 18.0. The van der Waals surface area contributed by atoms with Crippen LogP contribution in [0.3, 0.4) is 0 Å². The molecule has 2 aromatic carbocycles. The van der Waals surface area contributed by atoms with E-state index in [9.17, 15) is 4.79 Å². The summed E-state index contributed by atoms with van der Waals surface area (Å²) in [6, 6.07) is 9.45. The Balaban J connectivity index is 2.17. The number of hydrogen-bond donors (Lipinski definition) is 0. The second-order valence-corrected chi connectivity index (χ2v) is 7.40. The van der Waals surface area contributed by atoms with Crippen molar-refractivity contribution in [2.24, 2.45) is 4.99 Å². The smallest absolute Gasteiger partial charge is 0.283 e. The summed E-state index contributed by atoms with van der Waals surface area (Å²) in [6.45, 7) is 5.30. The first kappa shape index (κ1) is 20.1. The van der Waals surface area contributed by atoms with E-state index in [4.69, 9.17) is 14.2 Å². The van der Waals surface area contributed by atoms with Gasteiger partial charge in [-0.05, 0) is 49.2 Å². The number of carbonyl (C=O) groups excluding carboxylic acids is 1. The number of nitrogens with zero attached hydrogens (tertiary/aromatic N) is 2. The summed E-state index contributed by atoms with van der Waals surface area (Å²) in [5.41, 5.74) is 3.82. The van der Waals surface area contributed by atoms with Crippen LogP contribution in [-0.2, 0) is 11.3 Å². The fourth-order valence-corrected chi connectivity index (χ4v) is 4.14. The molecule has 0 saturated heterocycles. The molecule has 1 aromatic heterocycles. The van der Waals surface area contributed by atoms with Crippen LogP contribution in [0.4, 0.5) is 0 Å². The van der Waals surface area contributed by atoms with Crippen LogP contribution in [0.15, 0.2) is 35.3 Å². The van der Waals surface area contributed by atoms with Gasteiger partial charge in [0.15, 0.2) is 16.3 Å². The van der Waals surface area contributed by atoms with Crippen molar-refractivity contribution in [2.45, 2.75) is 20.4 Å². The zero-order valence-corrected chi connectivity index (χ0v) is 17.6. The van der Waals surface area contributed by atoms with E-state index in [0.29, 0.717) is 35.0 Å². The molecule has 28 heavy (non-hydrogen) atoms. The monoisotopic (exact) mass is 400 g/mol. The summed E-state index contributed by atoms with van der Waals surface area (Å²) in [7, 11) is 4.71. The molecule has 0 aliphatic carbocycles. The number of para-hydroxylation sites is 1. The van der Waals surface area contributed by atoms with Crippen molar-refractivity contribution in [3.63, 3.8) is 0 Å². The molecule has 0 bridgehead atoms. The zero-order valence-electron chi connectivity index (χ0n) is 16.7. The molecule has 1 heterocycles. The van der Waals surface area contributed by atoms with Gasteiger partial charge in [0.25, 0.3) is 5.91 Å². The zero-order chi connectivity index (χ0) is 20.3. The molecule has 0 fully saturated rings. The second kappa shape index (κ2) is 8.58. The van der Waals surface area contributed by atoms with Crippen LogP contribution in [0.2, 0.25) is 0 Å². The number of methoxy groups -OCH3 is 3. The summed E-state index contributed by atoms with van der Waals surface area (Å²) in [6.07, 6.45) is 0. The fraction of sp³-hybridized carbons (Fsp3) is 0.333. The maximum atomic E-state index is 13.0. The number of hydrogen-bond acceptors (Lipinski definition) is 5. The van der Waals surface area contributed by atoms with Crippen LogP contribution >= 0.6 is 11.3 Å². The Morgan fingerprint density at radius 3 is 2.54 bits per heavy atom. The van der Waals surface area contributed by atoms with Crippen molar-refractivity contribution in [3.8, 4) is 11.5 Å². The lowest BCUT2D eigenvalue weighted by Crippen LogP contribution is -2.19. The Bertz CT molecular complexity index is 1080. The van der Waals surface area contributed by atoms with E-state index in [0.717, 1.165) is 10.2 Å². The second-order valence-electron chi connectivity index (χ2n) is 6.39. The van der Waals surface area contributed by atoms with Crippen LogP contribution in [-0.4, -0.2) is 38.4 Å². The standard InChI is InChI=1S/C21H24N2O4S/c1-13-11-16-18(12-14(13)2)28-21(23(16)9-10-25-3)22-20(24)15-7-6-8-17(26-4)19(15)27-5/h6-8,11-12H,9-10H2,1-5H3. The van der Waals surface area contributed by atoms with E-state index in [1.165, 1.54) is 29.6 Å². The number of rotatable bonds is 6. The Morgan fingerprint density at radius 1 is 1.11 bits per heavy atom. The minimum atomic E-state index is -0.373. The minimum Gasteiger partial charge on any atom is -0.493 e. The molecule has 6 nitrogen and oxygen atoms in total. The van der Waals surface area contributed by atoms with Crippen molar-refractivity contribution < 1.29 is 19.0 Å². The molecular formula is C21H24N2O4S. The van der Waals surface area contributed by atoms with Crippen LogP contribution in [0, 0.1) is 13.8 Å². The number of aromatic nitrogens is 1. The third-order valence-electron chi connectivity index (χ3n) is 4.65. The van der Waals surface area contributed by atoms with Crippen LogP contribution in [0.5, 0.6) is 11.5 Å². The number of aryl methyl sites for hydroxylation is 2. The van der Waals surface area contributed by atoms with Gasteiger partial charge >= 0.3 is 0 Å². The van der Waals surface area contributed by atoms with E-state index in [2.05, 4.69) is 31.0 Å². The summed E-state index contributed by atoms with van der Waals surface area (Å²) in [5, 5.41) is 0. The predicted octanol–water partition coefficient (Wildman–Crippen LogP) is 3.72. The van der Waals surface area contributed by atoms with Gasteiger partial charge in [-0.2, -0.15) is 4.99 Å². The molecule has 1 amide bonds. The topological polar surface area (TPSA) is 62.1 Å². The van der Waals surface area contributed by atoms with E-state index < -0.39 is 0 Å². The van der Waals surface area contributed by atoms with Gasteiger partial charge in [0.2, 0.25) is 0 Å². The molecule has 0 aliphatic rings. The Morgan fingerprint density at radius 2 is 1.86 bits per heavy atom. The summed E-state index contributed by atoms with van der Waals surface area (Å²) in [5.74, 6) is 0.510. The highest BCUT2D eigenvalue weighted by atomic mass is 32.1. The number of carbonyl (C=O) groups is 1. The predicted molar refractivity (Wildman–Crippen MR) is 111 cm³/mol. The van der Waals surface area contributed by atoms with Gasteiger partial charge in [0, 0.05) is 13.7 Å². The Hall–Kier alpha value is -2.64. The first-order chi connectivity index (χ1) is 13.5. The molecule has 3 rings (SSSR count). The SMILES string of the molecule is COCCn1c(=NC(=O)c2cccc(OC)c2OC)sc2cc(C)c(C)cc21. The fourth-order valence-electron chi connectivity index (χ4n) is 3.01. The molecule has 0 atom stereocenters. The quantitative estimate of drug-likeness (QED) is 0.633. The van der Waals surface area contributed by atoms with Crippen molar-refractivity contribution in [1.82, 2.24) is 4.57 Å². The first-order valence-electron chi connectivity index (χ1n) is 8.89. The largest absolute Gasteiger partial charge is 0.493 e. The average Bonchev–Trinajstić information content (AvgIpc) is 3.01. The van der Waals surface area contributed by atoms with Crippen LogP contribution < -0.4 is 14.3 Å². The third kappa shape index (κ3) is 3.81. The highest BCUT2D eigenvalue weighted by Crippen LogP contribution is 2.31. The summed E-state index contributed by atoms with van der Waals surface area (Å²) >= 11 is 1.49.